The lowest BCUT2D eigenvalue weighted by atomic mass is 10.0. The maximum atomic E-state index is 3.76. The number of hydrogen-bond acceptors (Lipinski definition) is 0. The minimum atomic E-state index is 1.14. The molecular formula is C15H25+. The van der Waals surface area contributed by atoms with Crippen molar-refractivity contribution in [3.63, 3.8) is 0 Å². The summed E-state index contributed by atoms with van der Waals surface area (Å²) in [6.45, 7) is 12.4. The summed E-state index contributed by atoms with van der Waals surface area (Å²) in [6.07, 6.45) is 11.3. The first-order chi connectivity index (χ1) is 7.06. The van der Waals surface area contributed by atoms with E-state index < -0.39 is 0 Å². The monoisotopic (exact) mass is 205 g/mol. The maximum absolute atomic E-state index is 3.76. The normalized spacial score (nSPS) is 11.1. The average Bonchev–Trinajstić information content (AvgIpc) is 2.17. The molecular weight excluding hydrogens is 180 g/mol. The molecule has 0 aliphatic heterocycles. The van der Waals surface area contributed by atoms with Gasteiger partial charge in [0, 0.05) is 19.9 Å². The molecule has 0 bridgehead atoms. The number of allylic oxidation sites excluding steroid dienone is 5. The van der Waals surface area contributed by atoms with Gasteiger partial charge in [-0.3, -0.25) is 0 Å². The molecule has 0 rings (SSSR count). The fourth-order valence-electron chi connectivity index (χ4n) is 1.34. The summed E-state index contributed by atoms with van der Waals surface area (Å²) in [6, 6.07) is 0. The molecule has 0 heterocycles. The molecule has 0 aromatic heterocycles. The van der Waals surface area contributed by atoms with Crippen LogP contribution >= 0.6 is 0 Å². The second-order valence-corrected chi connectivity index (χ2v) is 4.46. The quantitative estimate of drug-likeness (QED) is 0.394. The van der Waals surface area contributed by atoms with Gasteiger partial charge in [-0.05, 0) is 40.0 Å². The lowest BCUT2D eigenvalue weighted by Crippen LogP contribution is -1.85. The Labute approximate surface area is 95.8 Å². The van der Waals surface area contributed by atoms with Crippen molar-refractivity contribution < 1.29 is 0 Å². The first-order valence-electron chi connectivity index (χ1n) is 5.80. The molecule has 0 saturated heterocycles. The van der Waals surface area contributed by atoms with Gasteiger partial charge in [-0.2, -0.15) is 0 Å². The molecule has 0 aromatic carbocycles. The number of rotatable bonds is 7. The molecule has 0 N–H and O–H groups in total. The molecule has 0 aliphatic rings. The second kappa shape index (κ2) is 8.40. The molecule has 84 valence electrons. The predicted molar refractivity (Wildman–Crippen MR) is 70.8 cm³/mol. The second-order valence-electron chi connectivity index (χ2n) is 4.46. The molecule has 0 atom stereocenters. The lowest BCUT2D eigenvalue weighted by molar-refractivity contribution is 0.874. The minimum absolute atomic E-state index is 1.14. The van der Waals surface area contributed by atoms with Gasteiger partial charge in [-0.25, -0.2) is 0 Å². The molecule has 0 unspecified atom stereocenters. The van der Waals surface area contributed by atoms with Crippen LogP contribution in [0.5, 0.6) is 0 Å². The fraction of sp³-hybridized carbons (Fsp3) is 0.533. The van der Waals surface area contributed by atoms with Crippen LogP contribution in [0.25, 0.3) is 0 Å². The highest BCUT2D eigenvalue weighted by Crippen LogP contribution is 2.13. The van der Waals surface area contributed by atoms with Gasteiger partial charge in [0.2, 0.25) is 0 Å². The zero-order chi connectivity index (χ0) is 11.7. The van der Waals surface area contributed by atoms with Gasteiger partial charge < -0.3 is 0 Å². The van der Waals surface area contributed by atoms with Crippen molar-refractivity contribution in [1.29, 1.82) is 0 Å². The predicted octanol–water partition coefficient (Wildman–Crippen LogP) is 5.24. The first-order valence-corrected chi connectivity index (χ1v) is 5.80. The molecule has 0 radical (unpaired) electrons. The third-order valence-corrected chi connectivity index (χ3v) is 2.47. The van der Waals surface area contributed by atoms with Crippen LogP contribution in [-0.2, 0) is 0 Å². The Hall–Kier alpha value is -0.910. The Morgan fingerprint density at radius 3 is 2.33 bits per heavy atom. The maximum Gasteiger partial charge on any atom is 0.0890 e. The van der Waals surface area contributed by atoms with E-state index in [1.165, 1.54) is 29.9 Å². The van der Waals surface area contributed by atoms with E-state index >= 15 is 0 Å². The van der Waals surface area contributed by atoms with Crippen LogP contribution in [0.1, 0.15) is 53.4 Å². The summed E-state index contributed by atoms with van der Waals surface area (Å²) in [7, 11) is 0. The first kappa shape index (κ1) is 14.1. The minimum Gasteiger partial charge on any atom is -0.0856 e. The van der Waals surface area contributed by atoms with E-state index in [0.29, 0.717) is 0 Å². The van der Waals surface area contributed by atoms with Gasteiger partial charge in [-0.15, -0.1) is 0 Å². The summed E-state index contributed by atoms with van der Waals surface area (Å²) in [5.74, 6) is 1.38. The Morgan fingerprint density at radius 1 is 1.13 bits per heavy atom. The van der Waals surface area contributed by atoms with Crippen molar-refractivity contribution in [3.8, 4) is 0 Å². The van der Waals surface area contributed by atoms with Crippen LogP contribution in [0.4, 0.5) is 0 Å². The van der Waals surface area contributed by atoms with E-state index in [2.05, 4.69) is 46.4 Å². The van der Waals surface area contributed by atoms with Gasteiger partial charge >= 0.3 is 0 Å². The van der Waals surface area contributed by atoms with Gasteiger partial charge in [0.05, 0.1) is 12.0 Å². The van der Waals surface area contributed by atoms with Crippen molar-refractivity contribution in [1.82, 2.24) is 0 Å². The molecule has 0 amide bonds. The molecule has 0 fully saturated rings. The summed E-state index contributed by atoms with van der Waals surface area (Å²) in [4.78, 5) is 0. The summed E-state index contributed by atoms with van der Waals surface area (Å²) < 4.78 is 0. The van der Waals surface area contributed by atoms with Gasteiger partial charge in [-0.1, -0.05) is 23.3 Å². The summed E-state index contributed by atoms with van der Waals surface area (Å²) in [5.41, 5.74) is 2.92. The Bertz CT molecular complexity index is 226. The molecule has 15 heavy (non-hydrogen) atoms. The standard InChI is InChI=1S/C15H25/c1-6-14(4)10-8-12-15(5)11-7-9-13(2)3/h6,9,12H,1,7-8,10-11H2,2-5H3/q+1/b15-12+. The van der Waals surface area contributed by atoms with Crippen LogP contribution in [0.3, 0.4) is 0 Å². The highest BCUT2D eigenvalue weighted by atomic mass is 14.0. The van der Waals surface area contributed by atoms with Crippen LogP contribution in [0.15, 0.2) is 36.0 Å². The van der Waals surface area contributed by atoms with E-state index in [1.807, 2.05) is 6.08 Å². The molecule has 0 aliphatic carbocycles. The van der Waals surface area contributed by atoms with Gasteiger partial charge in [0.15, 0.2) is 0 Å². The zero-order valence-electron chi connectivity index (χ0n) is 10.8. The van der Waals surface area contributed by atoms with Crippen LogP contribution in [0.2, 0.25) is 0 Å². The Balaban J connectivity index is 3.70. The van der Waals surface area contributed by atoms with Crippen LogP contribution < -0.4 is 0 Å². The van der Waals surface area contributed by atoms with Gasteiger partial charge in [0.25, 0.3) is 0 Å². The highest BCUT2D eigenvalue weighted by Gasteiger charge is 2.00. The smallest absolute Gasteiger partial charge is 0.0856 e. The van der Waals surface area contributed by atoms with E-state index in [4.69, 9.17) is 0 Å². The Kier molecular flexibility index (Phi) is 7.89. The third kappa shape index (κ3) is 9.40. The van der Waals surface area contributed by atoms with Crippen molar-refractivity contribution in [2.75, 3.05) is 0 Å². The summed E-state index contributed by atoms with van der Waals surface area (Å²) in [5, 5.41) is 0. The van der Waals surface area contributed by atoms with Crippen molar-refractivity contribution in [2.24, 2.45) is 0 Å². The third-order valence-electron chi connectivity index (χ3n) is 2.47. The largest absolute Gasteiger partial charge is 0.0890 e. The van der Waals surface area contributed by atoms with Crippen LogP contribution in [-0.4, -0.2) is 0 Å². The molecule has 0 heteroatoms. The summed E-state index contributed by atoms with van der Waals surface area (Å²) >= 11 is 0. The van der Waals surface area contributed by atoms with Crippen molar-refractivity contribution >= 4 is 0 Å². The fourth-order valence-corrected chi connectivity index (χ4v) is 1.34. The van der Waals surface area contributed by atoms with Crippen molar-refractivity contribution in [2.45, 2.75) is 53.4 Å². The topological polar surface area (TPSA) is 0 Å². The van der Waals surface area contributed by atoms with E-state index in [0.717, 1.165) is 12.8 Å². The molecule has 0 saturated carbocycles. The zero-order valence-corrected chi connectivity index (χ0v) is 10.8. The van der Waals surface area contributed by atoms with Gasteiger partial charge in [0.1, 0.15) is 0 Å². The highest BCUT2D eigenvalue weighted by molar-refractivity contribution is 5.06. The SMILES string of the molecule is C=C[C+](C)CC/C=C(\C)CCC=C(C)C. The van der Waals surface area contributed by atoms with Crippen molar-refractivity contribution in [3.05, 3.63) is 41.9 Å². The molecule has 0 aromatic rings. The number of hydrogen-bond donors (Lipinski definition) is 0. The van der Waals surface area contributed by atoms with E-state index in [-0.39, 0.29) is 0 Å². The average molecular weight is 205 g/mol. The van der Waals surface area contributed by atoms with Crippen LogP contribution in [0, 0.1) is 5.92 Å². The van der Waals surface area contributed by atoms with E-state index in [1.54, 1.807) is 0 Å². The van der Waals surface area contributed by atoms with E-state index in [9.17, 15) is 0 Å². The molecule has 0 nitrogen and oxygen atoms in total. The lowest BCUT2D eigenvalue weighted by Gasteiger charge is -1.99. The molecule has 0 spiro atoms. The Morgan fingerprint density at radius 2 is 1.80 bits per heavy atom.